The third-order valence-corrected chi connectivity index (χ3v) is 5.12. The number of aryl methyl sites for hydroxylation is 2. The van der Waals surface area contributed by atoms with Gasteiger partial charge in [0.25, 0.3) is 0 Å². The molecule has 0 unspecified atom stereocenters. The van der Waals surface area contributed by atoms with Crippen molar-refractivity contribution in [1.82, 2.24) is 9.47 Å². The average molecular weight is 352 g/mol. The molecule has 0 fully saturated rings. The molecule has 2 aromatic carbocycles. The first-order chi connectivity index (χ1) is 12.6. The second-order valence-electron chi connectivity index (χ2n) is 7.00. The van der Waals surface area contributed by atoms with Gasteiger partial charge in [0.15, 0.2) is 0 Å². The van der Waals surface area contributed by atoms with Gasteiger partial charge < -0.3 is 4.57 Å². The Morgan fingerprint density at radius 2 is 1.81 bits per heavy atom. The third-order valence-electron chi connectivity index (χ3n) is 5.12. The number of hydrogen-bond acceptors (Lipinski definition) is 1. The van der Waals surface area contributed by atoms with Crippen LogP contribution in [0, 0.1) is 18.6 Å². The van der Waals surface area contributed by atoms with E-state index in [0.29, 0.717) is 5.56 Å². The first kappa shape index (κ1) is 17.0. The van der Waals surface area contributed by atoms with Crippen molar-refractivity contribution in [2.24, 2.45) is 0 Å². The van der Waals surface area contributed by atoms with Gasteiger partial charge in [-0.2, -0.15) is 0 Å². The standard InChI is InChI=1S/C22H22F2N2/c1-16-5-7-17(8-6-16)15-26-13-3-12-25-11-2-4-21(25)22(26)19-10-9-18(23)14-20(19)24/h2,4-11,14,22H,3,12-13,15H2,1H3/t22-/m0/s1. The number of benzene rings is 2. The lowest BCUT2D eigenvalue weighted by Gasteiger charge is -2.31. The molecule has 134 valence electrons. The van der Waals surface area contributed by atoms with E-state index in [0.717, 1.165) is 37.8 Å². The van der Waals surface area contributed by atoms with Gasteiger partial charge >= 0.3 is 0 Å². The zero-order valence-corrected chi connectivity index (χ0v) is 14.8. The second kappa shape index (κ2) is 7.04. The number of nitrogens with zero attached hydrogens (tertiary/aromatic N) is 2. The molecule has 1 aromatic heterocycles. The highest BCUT2D eigenvalue weighted by Crippen LogP contribution is 2.34. The van der Waals surface area contributed by atoms with Crippen LogP contribution in [-0.4, -0.2) is 16.0 Å². The van der Waals surface area contributed by atoms with Crippen LogP contribution in [0.15, 0.2) is 60.8 Å². The number of rotatable bonds is 3. The van der Waals surface area contributed by atoms with Crippen molar-refractivity contribution in [2.75, 3.05) is 6.54 Å². The van der Waals surface area contributed by atoms with Crippen LogP contribution in [0.3, 0.4) is 0 Å². The van der Waals surface area contributed by atoms with Crippen molar-refractivity contribution in [1.29, 1.82) is 0 Å². The number of aromatic nitrogens is 1. The quantitative estimate of drug-likeness (QED) is 0.639. The monoisotopic (exact) mass is 352 g/mol. The molecule has 0 amide bonds. The van der Waals surface area contributed by atoms with Crippen molar-refractivity contribution >= 4 is 0 Å². The molecule has 1 atom stereocenters. The molecule has 0 spiro atoms. The minimum absolute atomic E-state index is 0.227. The highest BCUT2D eigenvalue weighted by molar-refractivity contribution is 5.32. The molecule has 0 bridgehead atoms. The van der Waals surface area contributed by atoms with Gasteiger partial charge in [-0.05, 0) is 37.1 Å². The first-order valence-electron chi connectivity index (χ1n) is 9.01. The smallest absolute Gasteiger partial charge is 0.131 e. The van der Waals surface area contributed by atoms with E-state index in [-0.39, 0.29) is 6.04 Å². The lowest BCUT2D eigenvalue weighted by atomic mass is 10.00. The van der Waals surface area contributed by atoms with Crippen LogP contribution in [0.5, 0.6) is 0 Å². The summed E-state index contributed by atoms with van der Waals surface area (Å²) < 4.78 is 30.3. The molecule has 0 radical (unpaired) electrons. The molecule has 1 aliphatic heterocycles. The van der Waals surface area contributed by atoms with Crippen LogP contribution in [0.4, 0.5) is 8.78 Å². The molecule has 0 saturated heterocycles. The summed E-state index contributed by atoms with van der Waals surface area (Å²) in [6, 6.07) is 16.2. The second-order valence-corrected chi connectivity index (χ2v) is 7.00. The topological polar surface area (TPSA) is 8.17 Å². The predicted octanol–water partition coefficient (Wildman–Crippen LogP) is 5.07. The molecule has 2 nitrogen and oxygen atoms in total. The Morgan fingerprint density at radius 3 is 2.58 bits per heavy atom. The maximum Gasteiger partial charge on any atom is 0.131 e. The molecule has 0 N–H and O–H groups in total. The molecule has 2 heterocycles. The summed E-state index contributed by atoms with van der Waals surface area (Å²) >= 11 is 0. The van der Waals surface area contributed by atoms with Gasteiger partial charge in [-0.15, -0.1) is 0 Å². The van der Waals surface area contributed by atoms with Crippen LogP contribution >= 0.6 is 0 Å². The van der Waals surface area contributed by atoms with E-state index in [9.17, 15) is 8.78 Å². The molecule has 4 rings (SSSR count). The van der Waals surface area contributed by atoms with Crippen molar-refractivity contribution in [2.45, 2.75) is 32.5 Å². The fourth-order valence-electron chi connectivity index (χ4n) is 3.82. The SMILES string of the molecule is Cc1ccc(CN2CCCn3cccc3[C@@H]2c2ccc(F)cc2F)cc1. The van der Waals surface area contributed by atoms with Crippen LogP contribution in [0.1, 0.15) is 34.8 Å². The zero-order valence-electron chi connectivity index (χ0n) is 14.8. The van der Waals surface area contributed by atoms with Crippen molar-refractivity contribution in [3.05, 3.63) is 94.8 Å². The maximum atomic E-state index is 14.7. The van der Waals surface area contributed by atoms with E-state index in [1.54, 1.807) is 6.07 Å². The summed E-state index contributed by atoms with van der Waals surface area (Å²) in [6.45, 7) is 4.56. The number of fused-ring (bicyclic) bond motifs is 1. The van der Waals surface area contributed by atoms with E-state index >= 15 is 0 Å². The average Bonchev–Trinajstić information content (AvgIpc) is 3.00. The molecule has 1 aliphatic rings. The Labute approximate surface area is 152 Å². The fraction of sp³-hybridized carbons (Fsp3) is 0.273. The third kappa shape index (κ3) is 3.29. The molecule has 26 heavy (non-hydrogen) atoms. The van der Waals surface area contributed by atoms with Crippen LogP contribution in [-0.2, 0) is 13.1 Å². The predicted molar refractivity (Wildman–Crippen MR) is 98.8 cm³/mol. The lowest BCUT2D eigenvalue weighted by Crippen LogP contribution is -2.30. The van der Waals surface area contributed by atoms with E-state index in [2.05, 4.69) is 40.7 Å². The highest BCUT2D eigenvalue weighted by Gasteiger charge is 2.29. The van der Waals surface area contributed by atoms with E-state index < -0.39 is 11.6 Å². The first-order valence-corrected chi connectivity index (χ1v) is 9.01. The molecule has 4 heteroatoms. The van der Waals surface area contributed by atoms with Gasteiger partial charge in [0.2, 0.25) is 0 Å². The maximum absolute atomic E-state index is 14.7. The summed E-state index contributed by atoms with van der Waals surface area (Å²) in [5.74, 6) is -1.03. The van der Waals surface area contributed by atoms with Gasteiger partial charge in [-0.1, -0.05) is 35.9 Å². The van der Waals surface area contributed by atoms with Crippen LogP contribution < -0.4 is 0 Å². The fourth-order valence-corrected chi connectivity index (χ4v) is 3.82. The van der Waals surface area contributed by atoms with Crippen molar-refractivity contribution < 1.29 is 8.78 Å². The zero-order chi connectivity index (χ0) is 18.1. The molecule has 3 aromatic rings. The summed E-state index contributed by atoms with van der Waals surface area (Å²) in [4.78, 5) is 2.29. The summed E-state index contributed by atoms with van der Waals surface area (Å²) in [5.41, 5.74) is 4.00. The normalized spacial score (nSPS) is 17.7. The van der Waals surface area contributed by atoms with Crippen molar-refractivity contribution in [3.63, 3.8) is 0 Å². The molecule has 0 saturated carbocycles. The van der Waals surface area contributed by atoms with Crippen LogP contribution in [0.2, 0.25) is 0 Å². The Hall–Kier alpha value is -2.46. The Morgan fingerprint density at radius 1 is 1.00 bits per heavy atom. The van der Waals surface area contributed by atoms with E-state index in [4.69, 9.17) is 0 Å². The Bertz CT molecular complexity index is 899. The van der Waals surface area contributed by atoms with Gasteiger partial charge in [-0.3, -0.25) is 4.90 Å². The van der Waals surface area contributed by atoms with E-state index in [1.807, 2.05) is 18.3 Å². The molecular formula is C22H22F2N2. The van der Waals surface area contributed by atoms with E-state index in [1.165, 1.54) is 17.2 Å². The minimum atomic E-state index is -0.541. The minimum Gasteiger partial charge on any atom is -0.350 e. The Balaban J connectivity index is 1.76. The lowest BCUT2D eigenvalue weighted by molar-refractivity contribution is 0.216. The molecule has 0 aliphatic carbocycles. The van der Waals surface area contributed by atoms with Crippen LogP contribution in [0.25, 0.3) is 0 Å². The summed E-state index contributed by atoms with van der Waals surface area (Å²) in [7, 11) is 0. The Kier molecular flexibility index (Phi) is 4.60. The largest absolute Gasteiger partial charge is 0.350 e. The number of hydrogen-bond donors (Lipinski definition) is 0. The summed E-state index contributed by atoms with van der Waals surface area (Å²) in [6.07, 6.45) is 3.03. The summed E-state index contributed by atoms with van der Waals surface area (Å²) in [5, 5.41) is 0. The van der Waals surface area contributed by atoms with Gasteiger partial charge in [0.05, 0.1) is 6.04 Å². The van der Waals surface area contributed by atoms with Crippen molar-refractivity contribution in [3.8, 4) is 0 Å². The van der Waals surface area contributed by atoms with Gasteiger partial charge in [0.1, 0.15) is 11.6 Å². The molecular weight excluding hydrogens is 330 g/mol. The van der Waals surface area contributed by atoms with Gasteiger partial charge in [-0.25, -0.2) is 8.78 Å². The van der Waals surface area contributed by atoms with Gasteiger partial charge in [0, 0.05) is 43.2 Å². The number of halogens is 2. The highest BCUT2D eigenvalue weighted by atomic mass is 19.1.